The Morgan fingerprint density at radius 1 is 0.285 bits per heavy atom. The highest BCUT2D eigenvalue weighted by atomic mass is 16.8. The van der Waals surface area contributed by atoms with Gasteiger partial charge in [0.05, 0.1) is 44.5 Å². The third-order valence-corrected chi connectivity index (χ3v) is 18.9. The van der Waals surface area contributed by atoms with Gasteiger partial charge in [-0.2, -0.15) is 0 Å². The van der Waals surface area contributed by atoms with Gasteiger partial charge in [-0.05, 0) is 66.7 Å². The Morgan fingerprint density at radius 3 is 0.943 bits per heavy atom. The maximum Gasteiger partial charge on any atom is 0.342 e. The molecule has 0 saturated carbocycles. The van der Waals surface area contributed by atoms with Crippen LogP contribution in [0.15, 0.2) is 78.9 Å². The molecular weight excluding hydrogens is 1670 g/mol. The first-order chi connectivity index (χ1) is 57.9. The second-order valence-corrected chi connectivity index (χ2v) is 26.5. The lowest BCUT2D eigenvalue weighted by Gasteiger charge is -2.43. The van der Waals surface area contributed by atoms with Crippen LogP contribution in [0.4, 0.5) is 0 Å². The highest BCUT2D eigenvalue weighted by Gasteiger charge is 2.57. The molecular formula is C75H54O48. The van der Waals surface area contributed by atoms with Crippen LogP contribution >= 0.6 is 0 Å². The lowest BCUT2D eigenvalue weighted by Crippen LogP contribution is -2.63. The molecule has 48 heteroatoms. The summed E-state index contributed by atoms with van der Waals surface area (Å²) in [4.78, 5) is 132. The molecule has 4 aliphatic rings. The van der Waals surface area contributed by atoms with E-state index >= 15 is 14.4 Å². The van der Waals surface area contributed by atoms with Crippen LogP contribution in [0.3, 0.4) is 0 Å². The van der Waals surface area contributed by atoms with Crippen LogP contribution in [0.5, 0.6) is 161 Å². The van der Waals surface area contributed by atoms with Gasteiger partial charge >= 0.3 is 53.7 Å². The largest absolute Gasteiger partial charge is 0.504 e. The summed E-state index contributed by atoms with van der Waals surface area (Å²) in [6, 6.07) is 4.39. The standard InChI is InChI=1S/C75H54O48/c76-25-1-16(2-26(77)44(25)88)65(102)119-61-59-38(115-74(111)63(61)121-67(104)18-5-29(80)46(90)30(81)6-18)14-112-69(106)21-10-34(85)49(93)54(98)41(21)43-23(72(109)117-59)13-37(52(96)56(43)100)114-58-24(12-36(87)51(95)57(58)101)73(110)122-64-62(120-66(103)17-3-27(78)45(89)28(79)4-17)60-39(116-75(64)123-68(105)19-7-31(82)47(91)32(83)8-19)15-113-70(107)20-9-33(84)48(92)53(97)40(20)42-22(71(108)118-60)11-35(86)50(94)55(42)99/h1-13,38-39,59-64,74-101,111H,14-15H2/t38-,39-,59-,60-,61+,62+,63-,64-,74-,75+/m1/s1. The summed E-state index contributed by atoms with van der Waals surface area (Å²) in [7, 11) is 0. The maximum atomic E-state index is 15.6. The van der Waals surface area contributed by atoms with Crippen molar-refractivity contribution in [3.05, 3.63) is 129 Å². The number of carbonyl (C=O) groups excluding carboxylic acids is 9. The van der Waals surface area contributed by atoms with Crippen molar-refractivity contribution in [3.63, 3.8) is 0 Å². The second kappa shape index (κ2) is 31.3. The fraction of sp³-hybridized carbons (Fsp3) is 0.160. The first-order valence-corrected chi connectivity index (χ1v) is 34.1. The van der Waals surface area contributed by atoms with Crippen LogP contribution in [0.2, 0.25) is 0 Å². The van der Waals surface area contributed by atoms with Crippen molar-refractivity contribution in [1.29, 1.82) is 0 Å². The highest BCUT2D eigenvalue weighted by Crippen LogP contribution is 2.58. The summed E-state index contributed by atoms with van der Waals surface area (Å²) in [6.07, 6.45) is -27.7. The number of aromatic hydroxyl groups is 26. The smallest absolute Gasteiger partial charge is 0.342 e. The Hall–Kier alpha value is -17.3. The fourth-order valence-electron chi connectivity index (χ4n) is 12.9. The van der Waals surface area contributed by atoms with Crippen LogP contribution in [-0.2, 0) is 52.1 Å². The Balaban J connectivity index is 0.973. The molecule has 27 N–H and O–H groups in total. The number of aliphatic hydroxyl groups is 1. The van der Waals surface area contributed by atoms with Gasteiger partial charge in [0.25, 0.3) is 0 Å². The van der Waals surface area contributed by atoms with Crippen LogP contribution in [0, 0.1) is 0 Å². The topological polar surface area (TPSA) is 811 Å². The predicted molar refractivity (Wildman–Crippen MR) is 380 cm³/mol. The third kappa shape index (κ3) is 14.8. The molecule has 4 heterocycles. The number of carbonyl (C=O) groups is 9. The average Bonchev–Trinajstić information content (AvgIpc) is 1.61. The second-order valence-electron chi connectivity index (χ2n) is 26.5. The van der Waals surface area contributed by atoms with E-state index in [0.717, 1.165) is 0 Å². The number of hydrogen-bond acceptors (Lipinski definition) is 48. The van der Waals surface area contributed by atoms with E-state index in [1.807, 2.05) is 0 Å². The van der Waals surface area contributed by atoms with E-state index in [9.17, 15) is 167 Å². The molecule has 0 amide bonds. The number of aliphatic hydroxyl groups excluding tert-OH is 1. The molecule has 2 fully saturated rings. The van der Waals surface area contributed by atoms with Gasteiger partial charge in [0, 0.05) is 34.4 Å². The number of rotatable bonds is 12. The van der Waals surface area contributed by atoms with Crippen LogP contribution in [0.1, 0.15) is 93.2 Å². The molecule has 9 aromatic carbocycles. The Morgan fingerprint density at radius 2 is 0.569 bits per heavy atom. The van der Waals surface area contributed by atoms with Gasteiger partial charge in [0.2, 0.25) is 46.9 Å². The van der Waals surface area contributed by atoms with E-state index in [1.54, 1.807) is 0 Å². The van der Waals surface area contributed by atoms with Crippen molar-refractivity contribution in [2.45, 2.75) is 61.4 Å². The number of esters is 9. The number of benzene rings is 9. The molecule has 0 unspecified atom stereocenters. The summed E-state index contributed by atoms with van der Waals surface area (Å²) < 4.78 is 67.9. The van der Waals surface area contributed by atoms with Crippen molar-refractivity contribution in [2.75, 3.05) is 13.2 Å². The highest BCUT2D eigenvalue weighted by molar-refractivity contribution is 6.10. The van der Waals surface area contributed by atoms with Crippen molar-refractivity contribution in [2.24, 2.45) is 0 Å². The Labute approximate surface area is 676 Å². The van der Waals surface area contributed by atoms with Crippen molar-refractivity contribution in [1.82, 2.24) is 0 Å². The Kier molecular flexibility index (Phi) is 21.3. The van der Waals surface area contributed by atoms with E-state index in [-0.39, 0.29) is 18.2 Å². The monoisotopic (exact) mass is 1720 g/mol. The number of phenolic OH excluding ortho intramolecular Hbond substituents is 26. The normalized spacial score (nSPS) is 19.8. The molecule has 4 aliphatic heterocycles. The lowest BCUT2D eigenvalue weighted by molar-refractivity contribution is -0.284. The van der Waals surface area contributed by atoms with Crippen molar-refractivity contribution >= 4 is 53.7 Å². The summed E-state index contributed by atoms with van der Waals surface area (Å²) >= 11 is 0. The van der Waals surface area contributed by atoms with Crippen LogP contribution < -0.4 is 4.74 Å². The van der Waals surface area contributed by atoms with Gasteiger partial charge < -0.3 is 195 Å². The first-order valence-electron chi connectivity index (χ1n) is 34.1. The van der Waals surface area contributed by atoms with Crippen molar-refractivity contribution in [3.8, 4) is 183 Å². The molecule has 9 aromatic rings. The molecule has 0 aliphatic carbocycles. The number of fused-ring (bicyclic) bond motifs is 8. The van der Waals surface area contributed by atoms with E-state index in [2.05, 4.69) is 0 Å². The minimum Gasteiger partial charge on any atom is -0.504 e. The molecule has 0 radical (unpaired) electrons. The molecule has 48 nitrogen and oxygen atoms in total. The first kappa shape index (κ1) is 83.6. The van der Waals surface area contributed by atoms with Crippen LogP contribution in [-0.4, -0.2) is 266 Å². The van der Waals surface area contributed by atoms with Gasteiger partial charge in [-0.15, -0.1) is 0 Å². The van der Waals surface area contributed by atoms with E-state index in [4.69, 9.17) is 56.8 Å². The fourth-order valence-corrected chi connectivity index (χ4v) is 12.9. The van der Waals surface area contributed by atoms with Gasteiger partial charge in [-0.25, -0.2) is 43.2 Å². The van der Waals surface area contributed by atoms with E-state index < -0.39 is 362 Å². The van der Waals surface area contributed by atoms with Gasteiger partial charge in [0.1, 0.15) is 31.0 Å². The number of hydrogen-bond donors (Lipinski definition) is 27. The predicted octanol–water partition coefficient (Wildman–Crippen LogP) is 2.75. The van der Waals surface area contributed by atoms with E-state index in [0.29, 0.717) is 60.7 Å². The Bertz CT molecular complexity index is 5970. The zero-order valence-electron chi connectivity index (χ0n) is 60.3. The van der Waals surface area contributed by atoms with Crippen LogP contribution in [0.25, 0.3) is 22.3 Å². The summed E-state index contributed by atoms with van der Waals surface area (Å²) in [6.45, 7) is -2.97. The number of ether oxygens (including phenoxy) is 12. The maximum absolute atomic E-state index is 15.6. The zero-order valence-corrected chi connectivity index (χ0v) is 60.3. The zero-order chi connectivity index (χ0) is 89.7. The number of cyclic esters (lactones) is 2. The van der Waals surface area contributed by atoms with Gasteiger partial charge in [0.15, 0.2) is 163 Å². The molecule has 642 valence electrons. The van der Waals surface area contributed by atoms with Crippen molar-refractivity contribution < 1.29 is 238 Å². The SMILES string of the molecule is O=C(O[C@@H]1O[C@@H]2COC(=O)c3cc(O)c(O)c(O)c3-c3c(cc(O)c(O)c3O)C(=O)O[C@H]2[C@H](OC(=O)c2cc(O)c(O)c(O)c2)[C@H]1OC(=O)c1cc(O)c(O)c(O)c1Oc1cc2c(c(O)c1O)-c1c(cc(O)c(O)c1O)C(=O)OC[C@H]1O[C@@H](O)[C@H](OC(=O)c3cc(O)c(O)c(O)c3)[C@@H](OC(=O)c3cc(O)c(O)c(O)c3)[C@@H]1OC2=O)c1cc(O)c(O)c(O)c1. The molecule has 2 saturated heterocycles. The summed E-state index contributed by atoms with van der Waals surface area (Å²) in [5, 5.41) is 294. The third-order valence-electron chi connectivity index (χ3n) is 18.9. The summed E-state index contributed by atoms with van der Waals surface area (Å²) in [5.74, 6) is -59.2. The van der Waals surface area contributed by atoms with Gasteiger partial charge in [-0.3, -0.25) is 0 Å². The molecule has 10 atom stereocenters. The average molecular weight is 1720 g/mol. The molecule has 0 bridgehead atoms. The van der Waals surface area contributed by atoms with E-state index in [1.165, 1.54) is 0 Å². The molecule has 123 heavy (non-hydrogen) atoms. The lowest BCUT2D eigenvalue weighted by atomic mass is 9.91. The molecule has 13 rings (SSSR count). The molecule has 0 spiro atoms. The number of phenols is 26. The van der Waals surface area contributed by atoms with Gasteiger partial charge in [-0.1, -0.05) is 0 Å². The minimum absolute atomic E-state index is 0.0625. The molecule has 0 aromatic heterocycles. The summed E-state index contributed by atoms with van der Waals surface area (Å²) in [5.41, 5.74) is -16.3. The quantitative estimate of drug-likeness (QED) is 0.0475. The minimum atomic E-state index is -3.12.